The van der Waals surface area contributed by atoms with Crippen LogP contribution in [0.4, 0.5) is 0 Å². The van der Waals surface area contributed by atoms with Gasteiger partial charge >= 0.3 is 0 Å². The van der Waals surface area contributed by atoms with Crippen LogP contribution in [0.2, 0.25) is 0 Å². The Morgan fingerprint density at radius 2 is 1.82 bits per heavy atom. The highest BCUT2D eigenvalue weighted by atomic mass is 16.5. The lowest BCUT2D eigenvalue weighted by atomic mass is 9.66. The summed E-state index contributed by atoms with van der Waals surface area (Å²) in [5.41, 5.74) is 1.84. The van der Waals surface area contributed by atoms with Gasteiger partial charge < -0.3 is 4.74 Å². The van der Waals surface area contributed by atoms with Gasteiger partial charge in [-0.3, -0.25) is 0 Å². The van der Waals surface area contributed by atoms with Crippen LogP contribution >= 0.6 is 0 Å². The molecule has 0 saturated heterocycles. The quantitative estimate of drug-likeness (QED) is 0.731. The maximum Gasteiger partial charge on any atom is 0.122 e. The maximum atomic E-state index is 5.57. The smallest absolute Gasteiger partial charge is 0.122 e. The van der Waals surface area contributed by atoms with Crippen LogP contribution in [0.1, 0.15) is 57.4 Å². The summed E-state index contributed by atoms with van der Waals surface area (Å²) in [4.78, 5) is 0. The molecule has 0 amide bonds. The Morgan fingerprint density at radius 3 is 2.47 bits per heavy atom. The van der Waals surface area contributed by atoms with Crippen molar-refractivity contribution in [1.29, 1.82) is 0 Å². The fourth-order valence-corrected chi connectivity index (χ4v) is 3.44. The van der Waals surface area contributed by atoms with Crippen LogP contribution in [0, 0.1) is 0 Å². The van der Waals surface area contributed by atoms with Gasteiger partial charge in [-0.2, -0.15) is 0 Å². The van der Waals surface area contributed by atoms with E-state index >= 15 is 0 Å². The van der Waals surface area contributed by atoms with Crippen LogP contribution in [0.25, 0.3) is 0 Å². The third kappa shape index (κ3) is 2.48. The highest BCUT2D eigenvalue weighted by Gasteiger charge is 2.34. The number of ether oxygens (including phenoxy) is 1. The summed E-state index contributed by atoms with van der Waals surface area (Å²) in [6, 6.07) is 8.62. The zero-order valence-corrected chi connectivity index (χ0v) is 11.2. The minimum atomic E-state index is 0.388. The Morgan fingerprint density at radius 1 is 1.12 bits per heavy atom. The molecule has 94 valence electrons. The van der Waals surface area contributed by atoms with E-state index in [4.69, 9.17) is 4.74 Å². The van der Waals surface area contributed by atoms with Crippen LogP contribution in [-0.2, 0) is 5.41 Å². The van der Waals surface area contributed by atoms with Gasteiger partial charge in [0.05, 0.1) is 7.11 Å². The van der Waals surface area contributed by atoms with Gasteiger partial charge in [-0.1, -0.05) is 50.8 Å². The van der Waals surface area contributed by atoms with Crippen molar-refractivity contribution in [2.24, 2.45) is 0 Å². The van der Waals surface area contributed by atoms with Crippen LogP contribution in [-0.4, -0.2) is 7.11 Å². The van der Waals surface area contributed by atoms with E-state index in [2.05, 4.69) is 31.2 Å². The largest absolute Gasteiger partial charge is 0.496 e. The van der Waals surface area contributed by atoms with E-state index in [1.165, 1.54) is 50.5 Å². The second-order valence-corrected chi connectivity index (χ2v) is 5.29. The number of hydrogen-bond acceptors (Lipinski definition) is 1. The molecule has 0 radical (unpaired) electrons. The molecule has 0 spiro atoms. The van der Waals surface area contributed by atoms with E-state index in [9.17, 15) is 0 Å². The van der Waals surface area contributed by atoms with Crippen molar-refractivity contribution in [3.05, 3.63) is 29.8 Å². The van der Waals surface area contributed by atoms with Crippen molar-refractivity contribution >= 4 is 0 Å². The first kappa shape index (κ1) is 12.5. The molecule has 1 aromatic carbocycles. The summed E-state index contributed by atoms with van der Waals surface area (Å²) in [6.45, 7) is 2.30. The predicted molar refractivity (Wildman–Crippen MR) is 72.7 cm³/mol. The zero-order chi connectivity index (χ0) is 12.1. The van der Waals surface area contributed by atoms with E-state index in [1.807, 2.05) is 0 Å². The second kappa shape index (κ2) is 5.57. The normalized spacial score (nSPS) is 18.9. The molecule has 1 fully saturated rings. The fourth-order valence-electron chi connectivity index (χ4n) is 3.44. The Labute approximate surface area is 105 Å². The first-order valence-electron chi connectivity index (χ1n) is 6.96. The van der Waals surface area contributed by atoms with Crippen molar-refractivity contribution in [3.8, 4) is 5.75 Å². The lowest BCUT2D eigenvalue weighted by Crippen LogP contribution is -2.29. The lowest BCUT2D eigenvalue weighted by Gasteiger charge is -2.38. The first-order chi connectivity index (χ1) is 8.32. The van der Waals surface area contributed by atoms with Gasteiger partial charge in [0.15, 0.2) is 0 Å². The molecular formula is C16H24O. The summed E-state index contributed by atoms with van der Waals surface area (Å²) < 4.78 is 5.57. The van der Waals surface area contributed by atoms with Gasteiger partial charge in [-0.15, -0.1) is 0 Å². The molecule has 0 N–H and O–H groups in total. The topological polar surface area (TPSA) is 9.23 Å². The van der Waals surface area contributed by atoms with Gasteiger partial charge in [0.1, 0.15) is 5.75 Å². The molecule has 2 rings (SSSR count). The monoisotopic (exact) mass is 232 g/mol. The number of hydrogen-bond donors (Lipinski definition) is 0. The average molecular weight is 232 g/mol. The van der Waals surface area contributed by atoms with Crippen molar-refractivity contribution < 1.29 is 4.74 Å². The maximum absolute atomic E-state index is 5.57. The minimum absolute atomic E-state index is 0.388. The molecule has 1 aliphatic carbocycles. The van der Waals surface area contributed by atoms with Crippen LogP contribution < -0.4 is 4.74 Å². The Hall–Kier alpha value is -0.980. The average Bonchev–Trinajstić information content (AvgIpc) is 2.40. The molecule has 0 atom stereocenters. The number of rotatable bonds is 4. The minimum Gasteiger partial charge on any atom is -0.496 e. The summed E-state index contributed by atoms with van der Waals surface area (Å²) in [6.07, 6.45) is 9.38. The molecule has 0 bridgehead atoms. The molecule has 1 aliphatic rings. The third-order valence-electron chi connectivity index (χ3n) is 4.22. The van der Waals surface area contributed by atoms with Crippen LogP contribution in [0.3, 0.4) is 0 Å². The highest BCUT2D eigenvalue weighted by molar-refractivity contribution is 5.40. The molecule has 1 saturated carbocycles. The predicted octanol–water partition coefficient (Wildman–Crippen LogP) is 4.70. The van der Waals surface area contributed by atoms with Gasteiger partial charge in [0.25, 0.3) is 0 Å². The number of para-hydroxylation sites is 1. The van der Waals surface area contributed by atoms with Gasteiger partial charge in [0, 0.05) is 5.56 Å². The number of benzene rings is 1. The van der Waals surface area contributed by atoms with E-state index in [0.717, 1.165) is 5.75 Å². The molecule has 0 aromatic heterocycles. The Balaban J connectivity index is 2.37. The molecule has 0 aliphatic heterocycles. The van der Waals surface area contributed by atoms with Crippen molar-refractivity contribution in [2.45, 2.75) is 57.3 Å². The molecule has 1 aromatic rings. The Bertz CT molecular complexity index is 345. The SMILES string of the molecule is CCCC1(c2ccccc2OC)CCCCC1. The summed E-state index contributed by atoms with van der Waals surface area (Å²) in [5.74, 6) is 1.09. The molecule has 1 heteroatoms. The van der Waals surface area contributed by atoms with Gasteiger partial charge in [-0.05, 0) is 30.7 Å². The zero-order valence-electron chi connectivity index (χ0n) is 11.2. The van der Waals surface area contributed by atoms with Crippen molar-refractivity contribution in [1.82, 2.24) is 0 Å². The van der Waals surface area contributed by atoms with Gasteiger partial charge in [-0.25, -0.2) is 0 Å². The summed E-state index contributed by atoms with van der Waals surface area (Å²) >= 11 is 0. The summed E-state index contributed by atoms with van der Waals surface area (Å²) in [7, 11) is 1.79. The molecular weight excluding hydrogens is 208 g/mol. The van der Waals surface area contributed by atoms with E-state index in [-0.39, 0.29) is 0 Å². The Kier molecular flexibility index (Phi) is 4.09. The number of methoxy groups -OCH3 is 1. The molecule has 0 unspecified atom stereocenters. The highest BCUT2D eigenvalue weighted by Crippen LogP contribution is 2.46. The fraction of sp³-hybridized carbons (Fsp3) is 0.625. The third-order valence-corrected chi connectivity index (χ3v) is 4.22. The second-order valence-electron chi connectivity index (χ2n) is 5.29. The van der Waals surface area contributed by atoms with Crippen molar-refractivity contribution in [3.63, 3.8) is 0 Å². The first-order valence-corrected chi connectivity index (χ1v) is 6.96. The molecule has 1 nitrogen and oxygen atoms in total. The standard InChI is InChI=1S/C16H24O/c1-3-11-16(12-7-4-8-13-16)14-9-5-6-10-15(14)17-2/h5-6,9-10H,3-4,7-8,11-13H2,1-2H3. The van der Waals surface area contributed by atoms with E-state index in [0.29, 0.717) is 5.41 Å². The van der Waals surface area contributed by atoms with E-state index < -0.39 is 0 Å². The van der Waals surface area contributed by atoms with E-state index in [1.54, 1.807) is 7.11 Å². The molecule has 17 heavy (non-hydrogen) atoms. The van der Waals surface area contributed by atoms with Gasteiger partial charge in [0.2, 0.25) is 0 Å². The van der Waals surface area contributed by atoms with Crippen molar-refractivity contribution in [2.75, 3.05) is 7.11 Å². The summed E-state index contributed by atoms with van der Waals surface area (Å²) in [5, 5.41) is 0. The lowest BCUT2D eigenvalue weighted by molar-refractivity contribution is 0.261. The molecule has 0 heterocycles. The van der Waals surface area contributed by atoms with Crippen LogP contribution in [0.15, 0.2) is 24.3 Å². The van der Waals surface area contributed by atoms with Crippen LogP contribution in [0.5, 0.6) is 5.75 Å².